The molecule has 2 fully saturated rings. The van der Waals surface area contributed by atoms with Gasteiger partial charge in [0.1, 0.15) is 0 Å². The van der Waals surface area contributed by atoms with Crippen LogP contribution in [0.3, 0.4) is 0 Å². The third kappa shape index (κ3) is 0.820. The standard InChI is InChI=1S/C6H9N5O3/c1-9-4-3(7-5(9)12)11(8-14)6(13)10(4)2/h3-4H,1-2H3,(H,7,12). The Morgan fingerprint density at radius 3 is 2.50 bits per heavy atom. The van der Waals surface area contributed by atoms with Crippen LogP contribution in [-0.2, 0) is 0 Å². The number of hydrogen-bond donors (Lipinski definition) is 1. The molecule has 76 valence electrons. The van der Waals surface area contributed by atoms with E-state index in [0.717, 1.165) is 5.01 Å². The molecule has 2 saturated heterocycles. The number of nitrogens with zero attached hydrogens (tertiary/aromatic N) is 4. The van der Waals surface area contributed by atoms with E-state index in [9.17, 15) is 14.5 Å². The molecule has 0 aromatic carbocycles. The Morgan fingerprint density at radius 2 is 1.93 bits per heavy atom. The van der Waals surface area contributed by atoms with Crippen molar-refractivity contribution < 1.29 is 9.59 Å². The minimum absolute atomic E-state index is 0.326. The molecule has 0 aromatic rings. The average Bonchev–Trinajstić information content (AvgIpc) is 2.54. The smallest absolute Gasteiger partial charge is 0.312 e. The van der Waals surface area contributed by atoms with Gasteiger partial charge in [-0.3, -0.25) is 0 Å². The van der Waals surface area contributed by atoms with E-state index in [-0.39, 0.29) is 6.03 Å². The van der Waals surface area contributed by atoms with Crippen LogP contribution in [0.25, 0.3) is 0 Å². The SMILES string of the molecule is CN1C(=O)NC2C1N(C)C(=O)N2N=O. The minimum atomic E-state index is -0.678. The van der Waals surface area contributed by atoms with Gasteiger partial charge in [-0.15, -0.1) is 4.91 Å². The predicted octanol–water partition coefficient (Wildman–Crippen LogP) is -0.658. The molecule has 2 heterocycles. The lowest BCUT2D eigenvalue weighted by molar-refractivity contribution is 0.161. The van der Waals surface area contributed by atoms with Gasteiger partial charge in [-0.25, -0.2) is 9.59 Å². The molecule has 0 aromatic heterocycles. The highest BCUT2D eigenvalue weighted by molar-refractivity contribution is 5.84. The molecule has 2 atom stereocenters. The Kier molecular flexibility index (Phi) is 1.60. The lowest BCUT2D eigenvalue weighted by Gasteiger charge is -2.21. The maximum absolute atomic E-state index is 11.4. The molecule has 2 rings (SSSR count). The lowest BCUT2D eigenvalue weighted by Crippen LogP contribution is -2.42. The van der Waals surface area contributed by atoms with Crippen LogP contribution in [0.4, 0.5) is 9.59 Å². The highest BCUT2D eigenvalue weighted by atomic mass is 16.3. The van der Waals surface area contributed by atoms with Gasteiger partial charge in [0.2, 0.25) is 0 Å². The van der Waals surface area contributed by atoms with Crippen LogP contribution in [0.2, 0.25) is 0 Å². The molecule has 0 saturated carbocycles. The number of nitroso groups, excluding NO2 is 1. The molecule has 2 aliphatic heterocycles. The summed E-state index contributed by atoms with van der Waals surface area (Å²) in [5.74, 6) is 0. The normalized spacial score (nSPS) is 30.9. The number of carbonyl (C=O) groups excluding carboxylic acids is 2. The fourth-order valence-corrected chi connectivity index (χ4v) is 1.77. The van der Waals surface area contributed by atoms with E-state index in [4.69, 9.17) is 0 Å². The zero-order valence-corrected chi connectivity index (χ0v) is 7.67. The van der Waals surface area contributed by atoms with Crippen molar-refractivity contribution in [3.8, 4) is 0 Å². The Morgan fingerprint density at radius 1 is 1.29 bits per heavy atom. The van der Waals surface area contributed by atoms with Gasteiger partial charge in [-0.05, 0) is 0 Å². The van der Waals surface area contributed by atoms with Crippen LogP contribution >= 0.6 is 0 Å². The van der Waals surface area contributed by atoms with E-state index in [1.165, 1.54) is 16.8 Å². The van der Waals surface area contributed by atoms with Gasteiger partial charge in [0, 0.05) is 14.1 Å². The Labute approximate surface area is 79.4 Å². The van der Waals surface area contributed by atoms with Gasteiger partial charge in [0.05, 0.1) is 5.29 Å². The average molecular weight is 199 g/mol. The Bertz CT molecular complexity index is 319. The number of urea groups is 2. The van der Waals surface area contributed by atoms with Crippen LogP contribution in [0.5, 0.6) is 0 Å². The summed E-state index contributed by atoms with van der Waals surface area (Å²) >= 11 is 0. The molecule has 8 heteroatoms. The molecule has 1 N–H and O–H groups in total. The monoisotopic (exact) mass is 199 g/mol. The number of hydrogen-bond acceptors (Lipinski definition) is 4. The zero-order valence-electron chi connectivity index (χ0n) is 7.67. The van der Waals surface area contributed by atoms with Gasteiger partial charge in [0.25, 0.3) is 0 Å². The van der Waals surface area contributed by atoms with Crippen molar-refractivity contribution in [1.82, 2.24) is 20.1 Å². The third-order valence-electron chi connectivity index (χ3n) is 2.52. The van der Waals surface area contributed by atoms with Gasteiger partial charge >= 0.3 is 12.1 Å². The van der Waals surface area contributed by atoms with Gasteiger partial charge in [0.15, 0.2) is 12.3 Å². The molecule has 8 nitrogen and oxygen atoms in total. The maximum Gasteiger partial charge on any atom is 0.346 e. The highest BCUT2D eigenvalue weighted by Gasteiger charge is 2.53. The summed E-state index contributed by atoms with van der Waals surface area (Å²) in [7, 11) is 3.07. The summed E-state index contributed by atoms with van der Waals surface area (Å²) in [6, 6.07) is -0.838. The molecule has 14 heavy (non-hydrogen) atoms. The van der Waals surface area contributed by atoms with Gasteiger partial charge in [-0.1, -0.05) is 0 Å². The summed E-state index contributed by atoms with van der Waals surface area (Å²) in [5, 5.41) is 5.79. The number of carbonyl (C=O) groups is 2. The number of nitrogens with one attached hydrogen (secondary N) is 1. The lowest BCUT2D eigenvalue weighted by atomic mass is 10.4. The first-order valence-electron chi connectivity index (χ1n) is 4.00. The Balaban J connectivity index is 2.35. The zero-order chi connectivity index (χ0) is 10.5. The first-order chi connectivity index (χ1) is 6.57. The van der Waals surface area contributed by atoms with Crippen LogP contribution in [0.1, 0.15) is 0 Å². The third-order valence-corrected chi connectivity index (χ3v) is 2.52. The van der Waals surface area contributed by atoms with E-state index >= 15 is 0 Å². The summed E-state index contributed by atoms with van der Waals surface area (Å²) < 4.78 is 0. The van der Waals surface area contributed by atoms with Crippen molar-refractivity contribution in [3.63, 3.8) is 0 Å². The fraction of sp³-hybridized carbons (Fsp3) is 0.667. The first-order valence-corrected chi connectivity index (χ1v) is 4.00. The molecule has 0 spiro atoms. The molecular weight excluding hydrogens is 190 g/mol. The van der Waals surface area contributed by atoms with Crippen molar-refractivity contribution >= 4 is 12.1 Å². The number of likely N-dealkylation sites (N-methyl/N-ethyl adjacent to an activating group) is 2. The Hall–Kier alpha value is -1.86. The molecule has 2 aliphatic rings. The number of rotatable bonds is 1. The molecule has 0 radical (unpaired) electrons. The molecule has 2 unspecified atom stereocenters. The van der Waals surface area contributed by atoms with Gasteiger partial charge < -0.3 is 15.1 Å². The topological polar surface area (TPSA) is 85.3 Å². The minimum Gasteiger partial charge on any atom is -0.312 e. The molecule has 0 bridgehead atoms. The fourth-order valence-electron chi connectivity index (χ4n) is 1.77. The largest absolute Gasteiger partial charge is 0.346 e. The van der Waals surface area contributed by atoms with E-state index in [2.05, 4.69) is 10.6 Å². The van der Waals surface area contributed by atoms with Crippen LogP contribution in [-0.4, -0.2) is 53.3 Å². The van der Waals surface area contributed by atoms with E-state index < -0.39 is 18.4 Å². The quantitative estimate of drug-likeness (QED) is 0.569. The second-order valence-electron chi connectivity index (χ2n) is 3.24. The highest BCUT2D eigenvalue weighted by Crippen LogP contribution is 2.26. The second kappa shape index (κ2) is 2.56. The molecule has 0 aliphatic carbocycles. The predicted molar refractivity (Wildman–Crippen MR) is 44.7 cm³/mol. The van der Waals surface area contributed by atoms with Crippen molar-refractivity contribution in [2.45, 2.75) is 12.3 Å². The van der Waals surface area contributed by atoms with Crippen LogP contribution in [0, 0.1) is 4.91 Å². The molecular formula is C6H9N5O3. The van der Waals surface area contributed by atoms with Crippen molar-refractivity contribution in [2.24, 2.45) is 5.29 Å². The van der Waals surface area contributed by atoms with E-state index in [1.54, 1.807) is 7.05 Å². The van der Waals surface area contributed by atoms with Crippen LogP contribution in [0.15, 0.2) is 5.29 Å². The summed E-state index contributed by atoms with van der Waals surface area (Å²) in [4.78, 5) is 35.6. The van der Waals surface area contributed by atoms with Crippen molar-refractivity contribution in [1.29, 1.82) is 0 Å². The van der Waals surface area contributed by atoms with Crippen LogP contribution < -0.4 is 5.32 Å². The maximum atomic E-state index is 11.4. The van der Waals surface area contributed by atoms with E-state index in [0.29, 0.717) is 0 Å². The van der Waals surface area contributed by atoms with E-state index in [1.807, 2.05) is 0 Å². The van der Waals surface area contributed by atoms with Crippen molar-refractivity contribution in [3.05, 3.63) is 4.91 Å². The summed E-state index contributed by atoms with van der Waals surface area (Å²) in [5.41, 5.74) is 0. The summed E-state index contributed by atoms with van der Waals surface area (Å²) in [6.45, 7) is 0. The van der Waals surface area contributed by atoms with Crippen molar-refractivity contribution in [2.75, 3.05) is 14.1 Å². The second-order valence-corrected chi connectivity index (χ2v) is 3.24. The summed E-state index contributed by atoms with van der Waals surface area (Å²) in [6.07, 6.45) is -1.14. The number of amides is 4. The number of fused-ring (bicyclic) bond motifs is 1. The molecule has 4 amide bonds. The van der Waals surface area contributed by atoms with Gasteiger partial charge in [-0.2, -0.15) is 5.01 Å². The first kappa shape index (κ1) is 8.73.